The molecule has 3 N–H and O–H groups in total. The number of benzene rings is 2. The second-order valence-electron chi connectivity index (χ2n) is 11.4. The highest BCUT2D eigenvalue weighted by Crippen LogP contribution is 2.34. The van der Waals surface area contributed by atoms with Gasteiger partial charge in [-0.15, -0.1) is 0 Å². The molecule has 39 heavy (non-hydrogen) atoms. The molecular weight excluding hydrogens is 494 g/mol. The van der Waals surface area contributed by atoms with Crippen molar-refractivity contribution in [2.24, 2.45) is 0 Å². The van der Waals surface area contributed by atoms with Crippen molar-refractivity contribution in [3.05, 3.63) is 65.7 Å². The lowest BCUT2D eigenvalue weighted by molar-refractivity contribution is -0.147. The van der Waals surface area contributed by atoms with Crippen LogP contribution in [0.15, 0.2) is 54.6 Å². The number of carbonyl (C=O) groups is 3. The number of nitrogens with one attached hydrogen (secondary N) is 2. The van der Waals surface area contributed by atoms with E-state index in [1.54, 1.807) is 37.8 Å². The van der Waals surface area contributed by atoms with Gasteiger partial charge in [0.25, 0.3) is 0 Å². The minimum absolute atomic E-state index is 0.0690. The molecule has 0 saturated heterocycles. The lowest BCUT2D eigenvalue weighted by atomic mass is 9.87. The van der Waals surface area contributed by atoms with Gasteiger partial charge in [0.1, 0.15) is 23.4 Å². The van der Waals surface area contributed by atoms with Crippen LogP contribution in [0.1, 0.15) is 83.9 Å². The molecule has 2 aromatic rings. The van der Waals surface area contributed by atoms with Crippen LogP contribution in [0.3, 0.4) is 0 Å². The number of alkyl carbamates (subject to hydrolysis) is 1. The molecule has 2 aromatic carbocycles. The molecule has 3 atom stereocenters. The van der Waals surface area contributed by atoms with Crippen molar-refractivity contribution in [2.45, 2.75) is 103 Å². The summed E-state index contributed by atoms with van der Waals surface area (Å²) in [7, 11) is 0. The van der Waals surface area contributed by atoms with Crippen LogP contribution >= 0.6 is 0 Å². The molecule has 3 rings (SSSR count). The van der Waals surface area contributed by atoms with E-state index in [4.69, 9.17) is 4.74 Å². The summed E-state index contributed by atoms with van der Waals surface area (Å²) in [6.45, 7) is 9.31. The largest absolute Gasteiger partial charge is 0.508 e. The molecule has 8 nitrogen and oxygen atoms in total. The van der Waals surface area contributed by atoms with Crippen molar-refractivity contribution in [2.75, 3.05) is 0 Å². The van der Waals surface area contributed by atoms with Gasteiger partial charge in [-0.2, -0.15) is 0 Å². The van der Waals surface area contributed by atoms with Crippen LogP contribution in [0, 0.1) is 0 Å². The number of nitrogens with zero attached hydrogens (tertiary/aromatic N) is 1. The Bertz CT molecular complexity index is 1090. The minimum Gasteiger partial charge on any atom is -0.508 e. The molecule has 3 amide bonds. The highest BCUT2D eigenvalue weighted by Gasteiger charge is 2.42. The summed E-state index contributed by atoms with van der Waals surface area (Å²) >= 11 is 0. The maximum absolute atomic E-state index is 14.4. The van der Waals surface area contributed by atoms with Gasteiger partial charge in [-0.3, -0.25) is 9.59 Å². The zero-order valence-corrected chi connectivity index (χ0v) is 23.8. The standard InChI is InChI=1S/C31H43N3O5/c1-6-11-21(2)32-28(36)27(23-16-18-25(35)19-17-23)34(24-14-10-15-24)29(37)26(20-22-12-8-7-9-13-22)33-30(38)39-31(3,4)5/h7-9,12-13,16-19,21,24,26-27,35H,6,10-11,14-15,20H2,1-5H3,(H,32,36)(H,33,38). The Balaban J connectivity index is 2.01. The van der Waals surface area contributed by atoms with Gasteiger partial charge in [0, 0.05) is 18.5 Å². The SMILES string of the molecule is CCCC(C)NC(=O)C(c1ccc(O)cc1)N(C(=O)C(Cc1ccccc1)NC(=O)OC(C)(C)C)C1CCC1. The maximum Gasteiger partial charge on any atom is 0.408 e. The van der Waals surface area contributed by atoms with Crippen molar-refractivity contribution >= 4 is 17.9 Å². The van der Waals surface area contributed by atoms with Gasteiger partial charge in [-0.05, 0) is 76.6 Å². The van der Waals surface area contributed by atoms with Gasteiger partial charge in [-0.1, -0.05) is 55.8 Å². The lowest BCUT2D eigenvalue weighted by Gasteiger charge is -2.44. The number of carbonyl (C=O) groups excluding carboxylic acids is 3. The number of phenolic OH excluding ortho intramolecular Hbond substituents is 1. The molecule has 8 heteroatoms. The van der Waals surface area contributed by atoms with Gasteiger partial charge in [-0.25, -0.2) is 4.79 Å². The van der Waals surface area contributed by atoms with Crippen molar-refractivity contribution in [3.8, 4) is 5.75 Å². The van der Waals surface area contributed by atoms with Crippen LogP contribution in [0.5, 0.6) is 5.75 Å². The predicted octanol–water partition coefficient (Wildman–Crippen LogP) is 5.26. The van der Waals surface area contributed by atoms with E-state index in [9.17, 15) is 19.5 Å². The number of hydrogen-bond acceptors (Lipinski definition) is 5. The molecule has 0 aliphatic heterocycles. The van der Waals surface area contributed by atoms with Gasteiger partial charge >= 0.3 is 6.09 Å². The fourth-order valence-electron chi connectivity index (χ4n) is 4.78. The normalized spacial score (nSPS) is 15.8. The summed E-state index contributed by atoms with van der Waals surface area (Å²) in [5.41, 5.74) is 0.745. The van der Waals surface area contributed by atoms with E-state index < -0.39 is 23.8 Å². The number of rotatable bonds is 11. The quantitative estimate of drug-likeness (QED) is 0.363. The highest BCUT2D eigenvalue weighted by atomic mass is 16.6. The van der Waals surface area contributed by atoms with Crippen LogP contribution in [-0.2, 0) is 20.7 Å². The zero-order valence-electron chi connectivity index (χ0n) is 23.8. The van der Waals surface area contributed by atoms with Gasteiger partial charge in [0.2, 0.25) is 11.8 Å². The first-order chi connectivity index (χ1) is 18.5. The third kappa shape index (κ3) is 8.73. The van der Waals surface area contributed by atoms with Crippen LogP contribution in [0.25, 0.3) is 0 Å². The van der Waals surface area contributed by atoms with E-state index >= 15 is 0 Å². The van der Waals surface area contributed by atoms with E-state index in [0.29, 0.717) is 5.56 Å². The van der Waals surface area contributed by atoms with Crippen LogP contribution < -0.4 is 10.6 Å². The first-order valence-corrected chi connectivity index (χ1v) is 13.9. The Labute approximate surface area is 232 Å². The Morgan fingerprint density at radius 1 is 1.03 bits per heavy atom. The number of amides is 3. The molecule has 0 aromatic heterocycles. The van der Waals surface area contributed by atoms with E-state index in [2.05, 4.69) is 17.6 Å². The van der Waals surface area contributed by atoms with Crippen LogP contribution in [0.2, 0.25) is 0 Å². The molecule has 1 saturated carbocycles. The topological polar surface area (TPSA) is 108 Å². The van der Waals surface area contributed by atoms with Crippen molar-refractivity contribution in [3.63, 3.8) is 0 Å². The molecular formula is C31H43N3O5. The third-order valence-corrected chi connectivity index (χ3v) is 6.84. The zero-order chi connectivity index (χ0) is 28.6. The second kappa shape index (κ2) is 13.5. The van der Waals surface area contributed by atoms with Gasteiger partial charge in [0.15, 0.2) is 0 Å². The van der Waals surface area contributed by atoms with E-state index in [-0.39, 0.29) is 36.1 Å². The molecule has 0 heterocycles. The first kappa shape index (κ1) is 30.0. The Morgan fingerprint density at radius 3 is 2.21 bits per heavy atom. The lowest BCUT2D eigenvalue weighted by Crippen LogP contribution is -2.58. The smallest absolute Gasteiger partial charge is 0.408 e. The van der Waals surface area contributed by atoms with Crippen LogP contribution in [-0.4, -0.2) is 51.6 Å². The predicted molar refractivity (Wildman–Crippen MR) is 151 cm³/mol. The molecule has 0 radical (unpaired) electrons. The summed E-state index contributed by atoms with van der Waals surface area (Å²) in [6, 6.07) is 13.8. The fraction of sp³-hybridized carbons (Fsp3) is 0.516. The number of ether oxygens (including phenoxy) is 1. The summed E-state index contributed by atoms with van der Waals surface area (Å²) in [5, 5.41) is 15.8. The summed E-state index contributed by atoms with van der Waals surface area (Å²) in [6.07, 6.45) is 3.77. The summed E-state index contributed by atoms with van der Waals surface area (Å²) < 4.78 is 5.49. The Hall–Kier alpha value is -3.55. The molecule has 0 spiro atoms. The molecule has 212 valence electrons. The molecule has 0 bridgehead atoms. The molecule has 3 unspecified atom stereocenters. The fourth-order valence-corrected chi connectivity index (χ4v) is 4.78. The average molecular weight is 538 g/mol. The Morgan fingerprint density at radius 2 is 1.67 bits per heavy atom. The van der Waals surface area contributed by atoms with Crippen molar-refractivity contribution in [1.29, 1.82) is 0 Å². The van der Waals surface area contributed by atoms with Crippen LogP contribution in [0.4, 0.5) is 4.79 Å². The average Bonchev–Trinajstić information content (AvgIpc) is 2.82. The number of hydrogen-bond donors (Lipinski definition) is 3. The third-order valence-electron chi connectivity index (χ3n) is 6.84. The van der Waals surface area contributed by atoms with Crippen molar-refractivity contribution in [1.82, 2.24) is 15.5 Å². The molecule has 1 fully saturated rings. The molecule has 1 aliphatic rings. The number of aromatic hydroxyl groups is 1. The monoisotopic (exact) mass is 537 g/mol. The van der Waals surface area contributed by atoms with E-state index in [1.165, 1.54) is 12.1 Å². The van der Waals surface area contributed by atoms with Gasteiger partial charge < -0.3 is 25.4 Å². The first-order valence-electron chi connectivity index (χ1n) is 13.9. The van der Waals surface area contributed by atoms with Gasteiger partial charge in [0.05, 0.1) is 0 Å². The maximum atomic E-state index is 14.4. The van der Waals surface area contributed by atoms with E-state index in [0.717, 1.165) is 37.7 Å². The Kier molecular flexibility index (Phi) is 10.4. The van der Waals surface area contributed by atoms with Crippen molar-refractivity contribution < 1.29 is 24.2 Å². The molecule has 1 aliphatic carbocycles. The second-order valence-corrected chi connectivity index (χ2v) is 11.4. The highest BCUT2D eigenvalue weighted by molar-refractivity contribution is 5.92. The number of phenols is 1. The minimum atomic E-state index is -0.941. The summed E-state index contributed by atoms with van der Waals surface area (Å²) in [5.74, 6) is -0.546. The van der Waals surface area contributed by atoms with E-state index in [1.807, 2.05) is 37.3 Å². The summed E-state index contributed by atoms with van der Waals surface area (Å²) in [4.78, 5) is 42.7.